The van der Waals surface area contributed by atoms with Gasteiger partial charge in [0, 0.05) is 18.6 Å². The van der Waals surface area contributed by atoms with Gasteiger partial charge in [0.15, 0.2) is 0 Å². The summed E-state index contributed by atoms with van der Waals surface area (Å²) in [5, 5.41) is 1.25. The first-order valence-electron chi connectivity index (χ1n) is 4.88. The van der Waals surface area contributed by atoms with Gasteiger partial charge in [0.25, 0.3) is 0 Å². The Balaban J connectivity index is 2.82. The zero-order chi connectivity index (χ0) is 10.1. The van der Waals surface area contributed by atoms with Crippen LogP contribution in [0.1, 0.15) is 12.5 Å². The zero-order valence-electron chi connectivity index (χ0n) is 8.87. The van der Waals surface area contributed by atoms with Crippen LogP contribution in [0.4, 0.5) is 0 Å². The van der Waals surface area contributed by atoms with E-state index in [0.717, 1.165) is 12.2 Å². The van der Waals surface area contributed by atoms with Crippen LogP contribution in [0.15, 0.2) is 24.4 Å². The van der Waals surface area contributed by atoms with Crippen LogP contribution >= 0.6 is 0 Å². The number of methoxy groups -OCH3 is 1. The quantitative estimate of drug-likeness (QED) is 0.708. The van der Waals surface area contributed by atoms with Gasteiger partial charge >= 0.3 is 0 Å². The van der Waals surface area contributed by atoms with E-state index < -0.39 is 0 Å². The molecule has 0 saturated carbocycles. The van der Waals surface area contributed by atoms with Crippen LogP contribution in [0.5, 0.6) is 5.75 Å². The number of aryl methyl sites for hydroxylation is 2. The molecule has 0 aliphatic carbocycles. The Morgan fingerprint density at radius 3 is 2.79 bits per heavy atom. The molecule has 0 aliphatic rings. The van der Waals surface area contributed by atoms with E-state index in [1.165, 1.54) is 16.5 Å². The first-order chi connectivity index (χ1) is 6.77. The summed E-state index contributed by atoms with van der Waals surface area (Å²) in [5.74, 6) is 0.972. The van der Waals surface area contributed by atoms with Crippen molar-refractivity contribution in [2.75, 3.05) is 7.11 Å². The molecular weight excluding hydrogens is 174 g/mol. The molecule has 0 spiro atoms. The van der Waals surface area contributed by atoms with E-state index >= 15 is 0 Å². The smallest absolute Gasteiger partial charge is 0.128 e. The molecule has 0 radical (unpaired) electrons. The summed E-state index contributed by atoms with van der Waals surface area (Å²) in [7, 11) is 3.79. The van der Waals surface area contributed by atoms with Crippen LogP contribution in [0, 0.1) is 0 Å². The molecule has 0 saturated heterocycles. The molecule has 1 aromatic carbocycles. The molecule has 0 unspecified atom stereocenters. The van der Waals surface area contributed by atoms with Gasteiger partial charge in [0.2, 0.25) is 0 Å². The Morgan fingerprint density at radius 2 is 2.14 bits per heavy atom. The number of fused-ring (bicyclic) bond motifs is 1. The summed E-state index contributed by atoms with van der Waals surface area (Å²) < 4.78 is 7.52. The third-order valence-electron chi connectivity index (χ3n) is 2.66. The second kappa shape index (κ2) is 3.37. The zero-order valence-corrected chi connectivity index (χ0v) is 8.87. The second-order valence-electron chi connectivity index (χ2n) is 3.47. The van der Waals surface area contributed by atoms with E-state index in [2.05, 4.69) is 30.8 Å². The molecule has 0 amide bonds. The van der Waals surface area contributed by atoms with Gasteiger partial charge in [0.1, 0.15) is 5.75 Å². The maximum atomic E-state index is 5.37. The highest BCUT2D eigenvalue weighted by Gasteiger charge is 2.09. The van der Waals surface area contributed by atoms with Gasteiger partial charge < -0.3 is 9.30 Å². The molecule has 14 heavy (non-hydrogen) atoms. The standard InChI is InChI=1S/C12H15NO/c1-4-9-8-13(2)10-6-5-7-11(14-3)12(9)10/h5-8H,4H2,1-3H3. The van der Waals surface area contributed by atoms with Crippen molar-refractivity contribution in [2.45, 2.75) is 13.3 Å². The molecule has 0 atom stereocenters. The first kappa shape index (κ1) is 9.13. The van der Waals surface area contributed by atoms with E-state index in [-0.39, 0.29) is 0 Å². The summed E-state index contributed by atoms with van der Waals surface area (Å²) in [5.41, 5.74) is 2.58. The van der Waals surface area contributed by atoms with Crippen LogP contribution in [-0.4, -0.2) is 11.7 Å². The molecule has 74 valence electrons. The lowest BCUT2D eigenvalue weighted by Crippen LogP contribution is -1.86. The Labute approximate surface area is 84.1 Å². The fraction of sp³-hybridized carbons (Fsp3) is 0.333. The van der Waals surface area contributed by atoms with Crippen LogP contribution in [0.3, 0.4) is 0 Å². The van der Waals surface area contributed by atoms with Crippen molar-refractivity contribution < 1.29 is 4.74 Å². The molecule has 0 bridgehead atoms. The average Bonchev–Trinajstić information content (AvgIpc) is 2.56. The lowest BCUT2D eigenvalue weighted by atomic mass is 10.1. The summed E-state index contributed by atoms with van der Waals surface area (Å²) in [4.78, 5) is 0. The van der Waals surface area contributed by atoms with Gasteiger partial charge in [-0.15, -0.1) is 0 Å². The number of benzene rings is 1. The minimum atomic E-state index is 0.972. The number of ether oxygens (including phenoxy) is 1. The van der Waals surface area contributed by atoms with Gasteiger partial charge in [0.05, 0.1) is 12.6 Å². The van der Waals surface area contributed by atoms with Crippen molar-refractivity contribution in [2.24, 2.45) is 7.05 Å². The minimum absolute atomic E-state index is 0.972. The van der Waals surface area contributed by atoms with Gasteiger partial charge in [-0.3, -0.25) is 0 Å². The molecule has 2 aromatic rings. The molecule has 0 aliphatic heterocycles. The average molecular weight is 189 g/mol. The van der Waals surface area contributed by atoms with Gasteiger partial charge in [-0.25, -0.2) is 0 Å². The monoisotopic (exact) mass is 189 g/mol. The highest BCUT2D eigenvalue weighted by atomic mass is 16.5. The summed E-state index contributed by atoms with van der Waals surface area (Å²) in [6.45, 7) is 2.17. The predicted octanol–water partition coefficient (Wildman–Crippen LogP) is 2.75. The third-order valence-corrected chi connectivity index (χ3v) is 2.66. The lowest BCUT2D eigenvalue weighted by Gasteiger charge is -2.03. The number of rotatable bonds is 2. The van der Waals surface area contributed by atoms with Crippen LogP contribution in [-0.2, 0) is 13.5 Å². The topological polar surface area (TPSA) is 14.2 Å². The first-order valence-corrected chi connectivity index (χ1v) is 4.88. The van der Waals surface area contributed by atoms with Gasteiger partial charge in [-0.05, 0) is 24.1 Å². The Morgan fingerprint density at radius 1 is 1.36 bits per heavy atom. The number of nitrogens with zero attached hydrogens (tertiary/aromatic N) is 1. The number of hydrogen-bond acceptors (Lipinski definition) is 1. The molecule has 2 heteroatoms. The van der Waals surface area contributed by atoms with Crippen LogP contribution in [0.25, 0.3) is 10.9 Å². The lowest BCUT2D eigenvalue weighted by molar-refractivity contribution is 0.419. The van der Waals surface area contributed by atoms with E-state index in [9.17, 15) is 0 Å². The van der Waals surface area contributed by atoms with Crippen molar-refractivity contribution in [3.05, 3.63) is 30.0 Å². The Bertz CT molecular complexity index is 457. The van der Waals surface area contributed by atoms with E-state index in [1.54, 1.807) is 7.11 Å². The van der Waals surface area contributed by atoms with Gasteiger partial charge in [-0.1, -0.05) is 13.0 Å². The van der Waals surface area contributed by atoms with E-state index in [1.807, 2.05) is 12.1 Å². The van der Waals surface area contributed by atoms with Crippen molar-refractivity contribution in [1.82, 2.24) is 4.57 Å². The highest BCUT2D eigenvalue weighted by Crippen LogP contribution is 2.30. The third kappa shape index (κ3) is 1.18. The minimum Gasteiger partial charge on any atom is -0.496 e. The predicted molar refractivity (Wildman–Crippen MR) is 58.8 cm³/mol. The van der Waals surface area contributed by atoms with Crippen molar-refractivity contribution in [1.29, 1.82) is 0 Å². The normalized spacial score (nSPS) is 10.8. The Kier molecular flexibility index (Phi) is 2.20. The van der Waals surface area contributed by atoms with E-state index in [0.29, 0.717) is 0 Å². The largest absolute Gasteiger partial charge is 0.496 e. The van der Waals surface area contributed by atoms with Crippen molar-refractivity contribution in [3.8, 4) is 5.75 Å². The maximum Gasteiger partial charge on any atom is 0.128 e. The second-order valence-corrected chi connectivity index (χ2v) is 3.47. The summed E-state index contributed by atoms with van der Waals surface area (Å²) in [6, 6.07) is 6.17. The molecular formula is C12H15NO. The molecule has 0 N–H and O–H groups in total. The van der Waals surface area contributed by atoms with Crippen molar-refractivity contribution >= 4 is 10.9 Å². The fourth-order valence-corrected chi connectivity index (χ4v) is 1.94. The number of hydrogen-bond donors (Lipinski definition) is 0. The molecule has 1 aromatic heterocycles. The van der Waals surface area contributed by atoms with Crippen LogP contribution < -0.4 is 4.74 Å². The highest BCUT2D eigenvalue weighted by molar-refractivity contribution is 5.89. The summed E-state index contributed by atoms with van der Waals surface area (Å²) >= 11 is 0. The van der Waals surface area contributed by atoms with E-state index in [4.69, 9.17) is 4.74 Å². The molecule has 1 heterocycles. The Hall–Kier alpha value is -1.44. The molecule has 2 nitrogen and oxygen atoms in total. The summed E-state index contributed by atoms with van der Waals surface area (Å²) in [6.07, 6.45) is 3.21. The molecule has 2 rings (SSSR count). The SMILES string of the molecule is CCc1cn(C)c2cccc(OC)c12. The maximum absolute atomic E-state index is 5.37. The van der Waals surface area contributed by atoms with Crippen molar-refractivity contribution in [3.63, 3.8) is 0 Å². The number of aromatic nitrogens is 1. The fourth-order valence-electron chi connectivity index (χ4n) is 1.94. The van der Waals surface area contributed by atoms with Gasteiger partial charge in [-0.2, -0.15) is 0 Å². The van der Waals surface area contributed by atoms with Crippen LogP contribution in [0.2, 0.25) is 0 Å². The molecule has 0 fully saturated rings.